The highest BCUT2D eigenvalue weighted by Gasteiger charge is 2.16. The third-order valence-corrected chi connectivity index (χ3v) is 4.79. The van der Waals surface area contributed by atoms with Crippen molar-refractivity contribution < 1.29 is 0 Å². The Morgan fingerprint density at radius 2 is 1.81 bits per heavy atom. The molecule has 0 bridgehead atoms. The summed E-state index contributed by atoms with van der Waals surface area (Å²) in [6.45, 7) is 9.34. The molecule has 1 atom stereocenters. The Hall–Kier alpha value is 0.310. The largest absolute Gasteiger partial charge is 0.316 e. The molecule has 1 aliphatic rings. The van der Waals surface area contributed by atoms with Crippen LogP contribution >= 0.6 is 11.8 Å². The van der Waals surface area contributed by atoms with E-state index in [0.717, 1.165) is 16.4 Å². The second kappa shape index (κ2) is 8.41. The van der Waals surface area contributed by atoms with E-state index < -0.39 is 0 Å². The number of rotatable bonds is 7. The molecule has 0 saturated heterocycles. The highest BCUT2D eigenvalue weighted by molar-refractivity contribution is 8.00. The van der Waals surface area contributed by atoms with Crippen LogP contribution in [0.4, 0.5) is 0 Å². The van der Waals surface area contributed by atoms with Crippen LogP contribution in [-0.4, -0.2) is 23.6 Å². The Morgan fingerprint density at radius 3 is 2.44 bits per heavy atom. The van der Waals surface area contributed by atoms with Crippen molar-refractivity contribution in [3.63, 3.8) is 0 Å². The Labute approximate surface area is 106 Å². The van der Waals surface area contributed by atoms with Crippen molar-refractivity contribution >= 4 is 11.8 Å². The van der Waals surface area contributed by atoms with Gasteiger partial charge in [-0.3, -0.25) is 0 Å². The van der Waals surface area contributed by atoms with Crippen LogP contribution in [0.5, 0.6) is 0 Å². The zero-order chi connectivity index (χ0) is 11.8. The lowest BCUT2D eigenvalue weighted by Crippen LogP contribution is -2.26. The summed E-state index contributed by atoms with van der Waals surface area (Å²) in [7, 11) is 0. The summed E-state index contributed by atoms with van der Waals surface area (Å²) in [6.07, 6.45) is 8.62. The van der Waals surface area contributed by atoms with Gasteiger partial charge in [-0.05, 0) is 31.7 Å². The quantitative estimate of drug-likeness (QED) is 0.676. The molecule has 1 saturated carbocycles. The van der Waals surface area contributed by atoms with Crippen LogP contribution in [0.15, 0.2) is 0 Å². The predicted molar refractivity (Wildman–Crippen MR) is 76.3 cm³/mol. The molecule has 0 amide bonds. The first-order chi connectivity index (χ1) is 7.68. The number of hydrogen-bond donors (Lipinski definition) is 1. The van der Waals surface area contributed by atoms with Crippen molar-refractivity contribution in [1.82, 2.24) is 5.32 Å². The van der Waals surface area contributed by atoms with Crippen molar-refractivity contribution in [2.24, 2.45) is 5.92 Å². The summed E-state index contributed by atoms with van der Waals surface area (Å²) in [6, 6.07) is 0. The van der Waals surface area contributed by atoms with Gasteiger partial charge in [-0.2, -0.15) is 11.8 Å². The molecule has 0 aromatic carbocycles. The van der Waals surface area contributed by atoms with E-state index in [4.69, 9.17) is 0 Å². The molecule has 16 heavy (non-hydrogen) atoms. The molecule has 0 radical (unpaired) electrons. The zero-order valence-electron chi connectivity index (χ0n) is 11.3. The van der Waals surface area contributed by atoms with E-state index >= 15 is 0 Å². The highest BCUT2D eigenvalue weighted by Crippen LogP contribution is 2.30. The van der Waals surface area contributed by atoms with Gasteiger partial charge in [0.15, 0.2) is 0 Å². The summed E-state index contributed by atoms with van der Waals surface area (Å²) < 4.78 is 0. The minimum Gasteiger partial charge on any atom is -0.316 e. The van der Waals surface area contributed by atoms with Gasteiger partial charge in [0.2, 0.25) is 0 Å². The Balaban J connectivity index is 1.99. The maximum absolute atomic E-state index is 3.59. The first-order valence-corrected chi connectivity index (χ1v) is 7.99. The second-order valence-corrected chi connectivity index (χ2v) is 7.34. The molecule has 1 aliphatic carbocycles. The van der Waals surface area contributed by atoms with Crippen LogP contribution in [0.2, 0.25) is 0 Å². The molecular weight excluding hydrogens is 214 g/mol. The van der Waals surface area contributed by atoms with Crippen molar-refractivity contribution in [2.75, 3.05) is 13.1 Å². The standard InChI is InChI=1S/C14H29NS/c1-12(2)9-10-15-11-13(3)16-14-7-5-4-6-8-14/h12-15H,4-11H2,1-3H3. The Kier molecular flexibility index (Phi) is 7.55. The number of thioether (sulfide) groups is 1. The van der Waals surface area contributed by atoms with Crippen molar-refractivity contribution in [2.45, 2.75) is 69.8 Å². The molecule has 1 N–H and O–H groups in total. The predicted octanol–water partition coefficient (Wildman–Crippen LogP) is 4.08. The van der Waals surface area contributed by atoms with Gasteiger partial charge in [0, 0.05) is 17.0 Å². The summed E-state index contributed by atoms with van der Waals surface area (Å²) in [5.74, 6) is 0.828. The maximum Gasteiger partial charge on any atom is 0.0146 e. The maximum atomic E-state index is 3.59. The van der Waals surface area contributed by atoms with Gasteiger partial charge < -0.3 is 5.32 Å². The van der Waals surface area contributed by atoms with Gasteiger partial charge in [-0.15, -0.1) is 0 Å². The van der Waals surface area contributed by atoms with E-state index in [1.165, 1.54) is 51.6 Å². The Morgan fingerprint density at radius 1 is 1.12 bits per heavy atom. The van der Waals surface area contributed by atoms with Gasteiger partial charge in [0.1, 0.15) is 0 Å². The molecular formula is C14H29NS. The van der Waals surface area contributed by atoms with E-state index in [1.807, 2.05) is 0 Å². The Bertz CT molecular complexity index is 164. The van der Waals surface area contributed by atoms with Gasteiger partial charge in [-0.25, -0.2) is 0 Å². The molecule has 2 heteroatoms. The minimum absolute atomic E-state index is 0.787. The first-order valence-electron chi connectivity index (χ1n) is 7.04. The first kappa shape index (κ1) is 14.4. The fourth-order valence-corrected chi connectivity index (χ4v) is 3.75. The molecule has 1 fully saturated rings. The van der Waals surface area contributed by atoms with E-state index in [2.05, 4.69) is 37.8 Å². The molecule has 0 aliphatic heterocycles. The van der Waals surface area contributed by atoms with Crippen LogP contribution in [-0.2, 0) is 0 Å². The summed E-state index contributed by atoms with van der Waals surface area (Å²) in [5, 5.41) is 5.33. The van der Waals surface area contributed by atoms with E-state index in [9.17, 15) is 0 Å². The number of hydrogen-bond acceptors (Lipinski definition) is 2. The van der Waals surface area contributed by atoms with Gasteiger partial charge in [0.25, 0.3) is 0 Å². The smallest absolute Gasteiger partial charge is 0.0146 e. The van der Waals surface area contributed by atoms with Crippen molar-refractivity contribution in [3.05, 3.63) is 0 Å². The van der Waals surface area contributed by atoms with Crippen molar-refractivity contribution in [1.29, 1.82) is 0 Å². The van der Waals surface area contributed by atoms with Crippen LogP contribution in [0.1, 0.15) is 59.3 Å². The molecule has 0 spiro atoms. The summed E-state index contributed by atoms with van der Waals surface area (Å²) in [5.41, 5.74) is 0. The summed E-state index contributed by atoms with van der Waals surface area (Å²) >= 11 is 2.22. The molecule has 0 aromatic heterocycles. The van der Waals surface area contributed by atoms with Gasteiger partial charge in [-0.1, -0.05) is 40.0 Å². The van der Waals surface area contributed by atoms with E-state index in [0.29, 0.717) is 0 Å². The lowest BCUT2D eigenvalue weighted by atomic mass is 10.0. The molecule has 1 rings (SSSR count). The minimum atomic E-state index is 0.787. The molecule has 0 aromatic rings. The normalized spacial score (nSPS) is 20.2. The topological polar surface area (TPSA) is 12.0 Å². The highest BCUT2D eigenvalue weighted by atomic mass is 32.2. The lowest BCUT2D eigenvalue weighted by Gasteiger charge is -2.24. The third kappa shape index (κ3) is 6.80. The molecule has 96 valence electrons. The van der Waals surface area contributed by atoms with Crippen LogP contribution in [0.25, 0.3) is 0 Å². The number of nitrogens with one attached hydrogen (secondary N) is 1. The van der Waals surface area contributed by atoms with Gasteiger partial charge in [0.05, 0.1) is 0 Å². The van der Waals surface area contributed by atoms with Crippen LogP contribution < -0.4 is 5.32 Å². The average Bonchev–Trinajstić information content (AvgIpc) is 2.25. The lowest BCUT2D eigenvalue weighted by molar-refractivity contribution is 0.512. The van der Waals surface area contributed by atoms with E-state index in [1.54, 1.807) is 0 Å². The average molecular weight is 243 g/mol. The van der Waals surface area contributed by atoms with Crippen LogP contribution in [0.3, 0.4) is 0 Å². The summed E-state index contributed by atoms with van der Waals surface area (Å²) in [4.78, 5) is 0. The second-order valence-electron chi connectivity index (χ2n) is 5.59. The molecule has 1 unspecified atom stereocenters. The van der Waals surface area contributed by atoms with Crippen molar-refractivity contribution in [3.8, 4) is 0 Å². The fourth-order valence-electron chi connectivity index (χ4n) is 2.27. The van der Waals surface area contributed by atoms with Gasteiger partial charge >= 0.3 is 0 Å². The molecule has 0 heterocycles. The van der Waals surface area contributed by atoms with E-state index in [-0.39, 0.29) is 0 Å². The monoisotopic (exact) mass is 243 g/mol. The zero-order valence-corrected chi connectivity index (χ0v) is 12.1. The SMILES string of the molecule is CC(C)CCNCC(C)SC1CCCCC1. The molecule has 1 nitrogen and oxygen atoms in total. The third-order valence-electron chi connectivity index (χ3n) is 3.31. The van der Waals surface area contributed by atoms with Crippen LogP contribution in [0, 0.1) is 5.92 Å². The fraction of sp³-hybridized carbons (Fsp3) is 1.00.